The maximum absolute atomic E-state index is 5.88. The van der Waals surface area contributed by atoms with E-state index in [9.17, 15) is 0 Å². The van der Waals surface area contributed by atoms with Crippen LogP contribution in [0.25, 0.3) is 11.0 Å². The lowest BCUT2D eigenvalue weighted by molar-refractivity contribution is 1.16. The van der Waals surface area contributed by atoms with Gasteiger partial charge < -0.3 is 0 Å². The average molecular weight is 293 g/mol. The molecule has 6 heteroatoms. The van der Waals surface area contributed by atoms with Crippen LogP contribution in [0.5, 0.6) is 0 Å². The molecule has 0 saturated heterocycles. The van der Waals surface area contributed by atoms with E-state index in [4.69, 9.17) is 23.2 Å². The molecule has 2 aromatic rings. The van der Waals surface area contributed by atoms with Gasteiger partial charge in [-0.15, -0.1) is 0 Å². The largest absolute Gasteiger partial charge is 0.247 e. The average Bonchev–Trinajstić information content (AvgIpc) is 2.17. The Labute approximate surface area is 98.6 Å². The van der Waals surface area contributed by atoms with Gasteiger partial charge in [0.05, 0.1) is 11.2 Å². The Bertz CT molecular complexity index is 489. The van der Waals surface area contributed by atoms with Crippen molar-refractivity contribution in [1.82, 2.24) is 15.0 Å². The highest BCUT2D eigenvalue weighted by Gasteiger charge is 2.06. The van der Waals surface area contributed by atoms with E-state index in [1.165, 1.54) is 0 Å². The topological polar surface area (TPSA) is 38.7 Å². The third-order valence-electron chi connectivity index (χ3n) is 1.67. The van der Waals surface area contributed by atoms with Crippen molar-refractivity contribution in [1.29, 1.82) is 0 Å². The molecule has 0 aliphatic rings. The van der Waals surface area contributed by atoms with Crippen LogP contribution in [0.3, 0.4) is 0 Å². The second-order valence-electron chi connectivity index (χ2n) is 2.59. The first-order valence-electron chi connectivity index (χ1n) is 3.75. The molecular weight excluding hydrogens is 289 g/mol. The van der Waals surface area contributed by atoms with Crippen molar-refractivity contribution < 1.29 is 0 Å². The van der Waals surface area contributed by atoms with E-state index in [1.54, 1.807) is 0 Å². The molecule has 0 saturated carbocycles. The molecule has 2 heterocycles. The molecule has 72 valence electrons. The molecule has 0 amide bonds. The normalized spacial score (nSPS) is 10.8. The van der Waals surface area contributed by atoms with Crippen molar-refractivity contribution in [2.45, 2.75) is 5.33 Å². The minimum atomic E-state index is 0.135. The van der Waals surface area contributed by atoms with E-state index in [-0.39, 0.29) is 10.4 Å². The monoisotopic (exact) mass is 291 g/mol. The van der Waals surface area contributed by atoms with Crippen LogP contribution in [0.1, 0.15) is 5.69 Å². The second-order valence-corrected chi connectivity index (χ2v) is 3.84. The fourth-order valence-corrected chi connectivity index (χ4v) is 1.82. The van der Waals surface area contributed by atoms with Crippen molar-refractivity contribution >= 4 is 50.2 Å². The molecule has 0 fully saturated rings. The standard InChI is InChI=1S/C8H4BrCl2N3/c9-3-4-1-2-5-6(12-4)7(10)14-8(11)13-5/h1-2H,3H2. The lowest BCUT2D eigenvalue weighted by atomic mass is 10.3. The molecule has 14 heavy (non-hydrogen) atoms. The molecule has 0 unspecified atom stereocenters. The summed E-state index contributed by atoms with van der Waals surface area (Å²) < 4.78 is 0. The van der Waals surface area contributed by atoms with E-state index < -0.39 is 0 Å². The summed E-state index contributed by atoms with van der Waals surface area (Å²) in [4.78, 5) is 12.1. The summed E-state index contributed by atoms with van der Waals surface area (Å²) in [6.07, 6.45) is 0. The minimum absolute atomic E-state index is 0.135. The van der Waals surface area contributed by atoms with Gasteiger partial charge in [-0.25, -0.2) is 15.0 Å². The van der Waals surface area contributed by atoms with Crippen LogP contribution in [0.4, 0.5) is 0 Å². The zero-order chi connectivity index (χ0) is 10.1. The lowest BCUT2D eigenvalue weighted by Crippen LogP contribution is -1.92. The Hall–Kier alpha value is -0.450. The van der Waals surface area contributed by atoms with Crippen LogP contribution in [-0.2, 0) is 5.33 Å². The van der Waals surface area contributed by atoms with Gasteiger partial charge in [0.2, 0.25) is 5.28 Å². The molecule has 0 radical (unpaired) electrons. The summed E-state index contributed by atoms with van der Waals surface area (Å²) in [6.45, 7) is 0. The number of rotatable bonds is 1. The minimum Gasteiger partial charge on any atom is -0.247 e. The van der Waals surface area contributed by atoms with E-state index in [2.05, 4.69) is 30.9 Å². The Morgan fingerprint density at radius 3 is 2.64 bits per heavy atom. The van der Waals surface area contributed by atoms with E-state index in [0.29, 0.717) is 16.4 Å². The van der Waals surface area contributed by atoms with Gasteiger partial charge >= 0.3 is 0 Å². The smallest absolute Gasteiger partial charge is 0.224 e. The molecule has 0 aliphatic heterocycles. The van der Waals surface area contributed by atoms with Gasteiger partial charge in [-0.1, -0.05) is 27.5 Å². The number of pyridine rings is 1. The summed E-state index contributed by atoms with van der Waals surface area (Å²) in [6, 6.07) is 3.68. The SMILES string of the molecule is Clc1nc(Cl)c2nc(CBr)ccc2n1. The van der Waals surface area contributed by atoms with Gasteiger partial charge in [0, 0.05) is 5.33 Å². The lowest BCUT2D eigenvalue weighted by Gasteiger charge is -2.00. The van der Waals surface area contributed by atoms with Gasteiger partial charge in [0.1, 0.15) is 5.52 Å². The molecule has 0 bridgehead atoms. The van der Waals surface area contributed by atoms with Gasteiger partial charge in [0.15, 0.2) is 5.15 Å². The number of nitrogens with zero attached hydrogens (tertiary/aromatic N) is 3. The van der Waals surface area contributed by atoms with E-state index >= 15 is 0 Å². The molecule has 2 aromatic heterocycles. The third-order valence-corrected chi connectivity index (χ3v) is 2.67. The highest BCUT2D eigenvalue weighted by atomic mass is 79.9. The molecule has 0 spiro atoms. The first-order chi connectivity index (χ1) is 6.70. The fraction of sp³-hybridized carbons (Fsp3) is 0.125. The summed E-state index contributed by atoms with van der Waals surface area (Å²) in [5.41, 5.74) is 2.11. The summed E-state index contributed by atoms with van der Waals surface area (Å²) in [5.74, 6) is 0. The van der Waals surface area contributed by atoms with E-state index in [1.807, 2.05) is 12.1 Å². The molecular formula is C8H4BrCl2N3. The van der Waals surface area contributed by atoms with Crippen molar-refractivity contribution in [2.75, 3.05) is 0 Å². The Kier molecular flexibility index (Phi) is 2.85. The fourth-order valence-electron chi connectivity index (χ4n) is 1.07. The first-order valence-corrected chi connectivity index (χ1v) is 5.63. The molecule has 0 N–H and O–H groups in total. The summed E-state index contributed by atoms with van der Waals surface area (Å²) >= 11 is 14.8. The molecule has 3 nitrogen and oxygen atoms in total. The molecule has 0 atom stereocenters. The predicted molar refractivity (Wildman–Crippen MR) is 60.0 cm³/mol. The predicted octanol–water partition coefficient (Wildman–Crippen LogP) is 3.23. The molecule has 0 aromatic carbocycles. The first kappa shape index (κ1) is 10.1. The highest BCUT2D eigenvalue weighted by molar-refractivity contribution is 9.08. The van der Waals surface area contributed by atoms with Crippen molar-refractivity contribution in [3.8, 4) is 0 Å². The van der Waals surface area contributed by atoms with Gasteiger partial charge in [-0.2, -0.15) is 0 Å². The quantitative estimate of drug-likeness (QED) is 0.460. The van der Waals surface area contributed by atoms with Crippen molar-refractivity contribution in [3.63, 3.8) is 0 Å². The van der Waals surface area contributed by atoms with Gasteiger partial charge in [-0.05, 0) is 23.7 Å². The number of halogens is 3. The summed E-state index contributed by atoms with van der Waals surface area (Å²) in [5, 5.41) is 1.08. The Morgan fingerprint density at radius 1 is 1.14 bits per heavy atom. The maximum Gasteiger partial charge on any atom is 0.224 e. The number of aromatic nitrogens is 3. The molecule has 2 rings (SSSR count). The number of alkyl halides is 1. The van der Waals surface area contributed by atoms with Crippen LogP contribution < -0.4 is 0 Å². The number of fused-ring (bicyclic) bond motifs is 1. The second kappa shape index (κ2) is 3.96. The highest BCUT2D eigenvalue weighted by Crippen LogP contribution is 2.20. The number of hydrogen-bond acceptors (Lipinski definition) is 3. The van der Waals surface area contributed by atoms with Gasteiger partial charge in [0.25, 0.3) is 0 Å². The zero-order valence-electron chi connectivity index (χ0n) is 6.84. The van der Waals surface area contributed by atoms with Crippen molar-refractivity contribution in [2.24, 2.45) is 0 Å². The Morgan fingerprint density at radius 2 is 1.93 bits per heavy atom. The summed E-state index contributed by atoms with van der Waals surface area (Å²) in [7, 11) is 0. The third kappa shape index (κ3) is 1.82. The van der Waals surface area contributed by atoms with Crippen LogP contribution in [0.15, 0.2) is 12.1 Å². The van der Waals surface area contributed by atoms with E-state index in [0.717, 1.165) is 5.69 Å². The van der Waals surface area contributed by atoms with Crippen LogP contribution in [0, 0.1) is 0 Å². The van der Waals surface area contributed by atoms with Crippen LogP contribution in [-0.4, -0.2) is 15.0 Å². The number of hydrogen-bond donors (Lipinski definition) is 0. The zero-order valence-corrected chi connectivity index (χ0v) is 9.94. The van der Waals surface area contributed by atoms with Crippen LogP contribution in [0.2, 0.25) is 10.4 Å². The van der Waals surface area contributed by atoms with Gasteiger partial charge in [-0.3, -0.25) is 0 Å². The molecule has 0 aliphatic carbocycles. The maximum atomic E-state index is 5.88. The van der Waals surface area contributed by atoms with Crippen LogP contribution >= 0.6 is 39.1 Å². The Balaban J connectivity index is 2.75. The van der Waals surface area contributed by atoms with Crippen molar-refractivity contribution in [3.05, 3.63) is 28.3 Å².